The van der Waals surface area contributed by atoms with E-state index < -0.39 is 335 Å². The summed E-state index contributed by atoms with van der Waals surface area (Å²) in [6.07, 6.45) is -48.3. The summed E-state index contributed by atoms with van der Waals surface area (Å²) < 4.78 is 958. The highest BCUT2D eigenvalue weighted by Gasteiger charge is 3.01. The minimum absolute atomic E-state index is 0.0564. The van der Waals surface area contributed by atoms with Crippen LogP contribution in [-0.4, -0.2) is 253 Å². The second-order valence-electron chi connectivity index (χ2n) is 28.2. The molecule has 0 fully saturated rings. The average Bonchev–Trinajstić information content (AvgIpc) is 0.704. The molecule has 3 aromatic carbocycles. The number of amides is 2. The van der Waals surface area contributed by atoms with E-state index in [4.69, 9.17) is 0 Å². The average molecular weight is 2280 g/mol. The molecule has 0 aliphatic carbocycles. The van der Waals surface area contributed by atoms with Crippen molar-refractivity contribution in [1.29, 1.82) is 0 Å². The molecule has 144 heavy (non-hydrogen) atoms. The van der Waals surface area contributed by atoms with Crippen molar-refractivity contribution in [1.82, 2.24) is 0 Å². The fraction of sp³-hybridized carbons (Fsp3) is 0.625. The van der Waals surface area contributed by atoms with E-state index >= 15 is 0 Å². The summed E-state index contributed by atoms with van der Waals surface area (Å²) in [5.74, 6) is -263. The van der Waals surface area contributed by atoms with E-state index in [2.05, 4.69) is 18.9 Å². The maximum absolute atomic E-state index is 14.8. The normalized spacial score (nSPS) is 15.5. The van der Waals surface area contributed by atoms with E-state index in [1.807, 2.05) is 0 Å². The Morgan fingerprint density at radius 3 is 0.410 bits per heavy atom. The van der Waals surface area contributed by atoms with Crippen molar-refractivity contribution in [3.63, 3.8) is 0 Å². The number of carbonyl (C=O) groups excluding carboxylic acids is 6. The summed E-state index contributed by atoms with van der Waals surface area (Å²) in [5, 5.41) is 2.60. The van der Waals surface area contributed by atoms with Crippen LogP contribution in [0.5, 0.6) is 0 Å². The van der Waals surface area contributed by atoms with E-state index in [1.165, 1.54) is 10.6 Å². The van der Waals surface area contributed by atoms with Crippen molar-refractivity contribution in [3.05, 3.63) is 94.0 Å². The Morgan fingerprint density at radius 1 is 0.167 bits per heavy atom. The number of esters is 4. The van der Waals surface area contributed by atoms with Gasteiger partial charge < -0.3 is 29.6 Å². The van der Waals surface area contributed by atoms with Gasteiger partial charge in [-0.2, -0.15) is 299 Å². The van der Waals surface area contributed by atoms with Gasteiger partial charge in [0.2, 0.25) is 0 Å². The number of hydrogen-bond donors (Lipinski definition) is 2. The molecule has 0 heterocycles. The van der Waals surface area contributed by atoms with Crippen LogP contribution in [0, 0.1) is 0 Å². The lowest BCUT2D eigenvalue weighted by molar-refractivity contribution is -0.461. The number of ether oxygens (including phenoxy) is 4. The number of rotatable bonds is 44. The van der Waals surface area contributed by atoms with Gasteiger partial charge in [0.25, 0.3) is 11.8 Å². The number of nitrogens with one attached hydrogen (secondary N) is 2. The fourth-order valence-corrected chi connectivity index (χ4v) is 9.88. The predicted molar refractivity (Wildman–Crippen MR) is 318 cm³/mol. The summed E-state index contributed by atoms with van der Waals surface area (Å²) >= 11 is 0. The third-order valence-corrected chi connectivity index (χ3v) is 18.5. The number of alkyl halides is 68. The van der Waals surface area contributed by atoms with Crippen LogP contribution in [0.3, 0.4) is 0 Å². The van der Waals surface area contributed by atoms with Crippen molar-refractivity contribution >= 4 is 47.1 Å². The van der Waals surface area contributed by atoms with E-state index in [9.17, 15) is 327 Å². The Labute approximate surface area is 740 Å². The van der Waals surface area contributed by atoms with Gasteiger partial charge in [-0.25, -0.2) is 19.2 Å². The summed E-state index contributed by atoms with van der Waals surface area (Å²) in [6.45, 7) is -12.3. The molecular formula is C64H28F68N2O10. The SMILES string of the molecule is O=C(Nc1cc(C(=O)OCCC(F)(F)C(F)(F)C(F)(F)C(F)(F)C(F)(F)C(F)(F)C(F)(F)C(F)(F)F)cc(C(=O)OCCC(F)(F)C(F)(F)C(F)(F)C(F)(F)C(F)(F)C(F)(F)C(F)(F)C(F)(F)F)c1)c1ccc(C(=O)Nc2cc(C(=O)OCCC(F)(F)C(F)(F)C(F)(F)C(F)(F)C(F)(F)C(F)(F)C(F)(F)C(F)(F)F)cc(C(=O)OCCC(F)(F)C(F)(F)C(F)(F)C(F)(F)C(F)(F)C(F)(F)C(F)(F)C(F)(F)F)c2)cc1. The van der Waals surface area contributed by atoms with Gasteiger partial charge in [0.1, 0.15) is 0 Å². The molecule has 3 rings (SSSR count). The second kappa shape index (κ2) is 37.5. The molecule has 2 N–H and O–H groups in total. The first-order valence-electron chi connectivity index (χ1n) is 34.2. The quantitative estimate of drug-likeness (QED) is 0.0316. The van der Waals surface area contributed by atoms with Gasteiger partial charge in [-0.05, 0) is 60.7 Å². The predicted octanol–water partition coefficient (Wildman–Crippen LogP) is 26.4. The standard InChI is InChI=1S/C64H28F68N2O10/c65-33(66,37(73,74)41(81,82)45(89,90)49(97,98)53(105,106)57(113,114)61(121,122)123)5-9-141-29(137)21-13-22(30(138)142-10-6-34(67,68)38(75,76)42(83,84)46(91,92)50(99,100)54(107,108)58(115,116)62(124,125)126)16-25(15-21)133-27(135)19-1-2-20(4-3-19)28(136)134-26-17-23(31(139)143-11-7-35(69,70)39(77,78)43(85,86)47(93,94)51(101,102)55(109,110)59(117,118)63(127,128)129)14-24(18-26)32(140)144-12-8-36(71,72)40(79,80)44(87,88)48(95,96)52(103,104)56(111,112)60(119,120)64(130,131)132/h1-4,13-18H,5-12H2,(H,133,135)(H,134,136). The minimum Gasteiger partial charge on any atom is -0.462 e. The van der Waals surface area contributed by atoms with Crippen LogP contribution in [-0.2, 0) is 18.9 Å². The lowest BCUT2D eigenvalue weighted by Gasteiger charge is -2.42. The zero-order valence-corrected chi connectivity index (χ0v) is 65.2. The molecule has 0 aliphatic rings. The highest BCUT2D eigenvalue weighted by atomic mass is 19.5. The molecule has 830 valence electrons. The zero-order valence-electron chi connectivity index (χ0n) is 65.2. The number of halogens is 68. The van der Waals surface area contributed by atoms with Gasteiger partial charge >= 0.3 is 214 Å². The third kappa shape index (κ3) is 20.0. The summed E-state index contributed by atoms with van der Waals surface area (Å²) in [6, 6.07) is -2.18. The first-order valence-corrected chi connectivity index (χ1v) is 34.2. The van der Waals surface area contributed by atoms with Crippen LogP contribution < -0.4 is 10.6 Å². The maximum atomic E-state index is 14.8. The van der Waals surface area contributed by atoms with E-state index in [-0.39, 0.29) is 48.5 Å². The van der Waals surface area contributed by atoms with E-state index in [0.29, 0.717) is 0 Å². The van der Waals surface area contributed by atoms with Crippen LogP contribution in [0.25, 0.3) is 0 Å². The molecule has 0 bridgehead atoms. The van der Waals surface area contributed by atoms with Gasteiger partial charge in [-0.15, -0.1) is 0 Å². The van der Waals surface area contributed by atoms with E-state index in [0.717, 1.165) is 0 Å². The van der Waals surface area contributed by atoms with Gasteiger partial charge in [-0.1, -0.05) is 0 Å². The molecule has 0 radical (unpaired) electrons. The third-order valence-electron chi connectivity index (χ3n) is 18.5. The summed E-state index contributed by atoms with van der Waals surface area (Å²) in [4.78, 5) is 79.3. The highest BCUT2D eigenvalue weighted by molar-refractivity contribution is 6.09. The summed E-state index contributed by atoms with van der Waals surface area (Å²) in [5.41, 5.74) is -14.4. The Bertz CT molecular complexity index is 4570. The van der Waals surface area contributed by atoms with Crippen molar-refractivity contribution in [2.24, 2.45) is 0 Å². The van der Waals surface area contributed by atoms with Crippen molar-refractivity contribution in [3.8, 4) is 0 Å². The molecule has 3 aromatic rings. The first kappa shape index (κ1) is 128. The number of anilines is 2. The molecule has 12 nitrogen and oxygen atoms in total. The fourth-order valence-electron chi connectivity index (χ4n) is 9.88. The Balaban J connectivity index is 2.30. The zero-order chi connectivity index (χ0) is 115. The maximum Gasteiger partial charge on any atom is 0.460 e. The molecule has 2 amide bonds. The smallest absolute Gasteiger partial charge is 0.460 e. The number of carbonyl (C=O) groups is 6. The Hall–Kier alpha value is -10.3. The largest absolute Gasteiger partial charge is 0.462 e. The molecule has 0 unspecified atom stereocenters. The lowest BCUT2D eigenvalue weighted by atomic mass is 9.88. The monoisotopic (exact) mass is 2280 g/mol. The van der Waals surface area contributed by atoms with Crippen LogP contribution in [0.15, 0.2) is 60.7 Å². The number of hydrogen-bond acceptors (Lipinski definition) is 10. The topological polar surface area (TPSA) is 163 Å². The molecule has 0 atom stereocenters. The van der Waals surface area contributed by atoms with Crippen molar-refractivity contribution in [2.75, 3.05) is 37.1 Å². The van der Waals surface area contributed by atoms with Gasteiger partial charge in [0.05, 0.1) is 74.4 Å². The Morgan fingerprint density at radius 2 is 0.285 bits per heavy atom. The van der Waals surface area contributed by atoms with Gasteiger partial charge in [0, 0.05) is 22.5 Å². The van der Waals surface area contributed by atoms with Crippen LogP contribution in [0.1, 0.15) is 87.8 Å². The lowest BCUT2D eigenvalue weighted by Crippen LogP contribution is -2.74. The molecule has 80 heteroatoms. The molecule has 0 saturated heterocycles. The van der Waals surface area contributed by atoms with Crippen molar-refractivity contribution < 1.29 is 346 Å². The minimum atomic E-state index is -9.31. The molecule has 0 aliphatic heterocycles. The van der Waals surface area contributed by atoms with E-state index in [1.54, 1.807) is 0 Å². The highest BCUT2D eigenvalue weighted by Crippen LogP contribution is 2.71. The van der Waals surface area contributed by atoms with Crippen LogP contribution in [0.2, 0.25) is 0 Å². The number of benzene rings is 3. The molecule has 0 aromatic heterocycles. The molecule has 0 spiro atoms. The van der Waals surface area contributed by atoms with Gasteiger partial charge in [0.15, 0.2) is 0 Å². The van der Waals surface area contributed by atoms with Crippen LogP contribution >= 0.6 is 0 Å². The van der Waals surface area contributed by atoms with Gasteiger partial charge in [-0.3, -0.25) is 9.59 Å². The molecule has 0 saturated carbocycles. The first-order chi connectivity index (χ1) is 62.7. The summed E-state index contributed by atoms with van der Waals surface area (Å²) in [7, 11) is 0. The second-order valence-corrected chi connectivity index (χ2v) is 28.2. The van der Waals surface area contributed by atoms with Crippen LogP contribution in [0.4, 0.5) is 310 Å². The van der Waals surface area contributed by atoms with Crippen molar-refractivity contribution in [2.45, 2.75) is 216 Å². The molecular weight excluding hydrogens is 2250 g/mol. The Kier molecular flexibility index (Phi) is 33.3.